The molecule has 1 heterocycles. The van der Waals surface area contributed by atoms with Crippen molar-refractivity contribution < 1.29 is 14.9 Å². The molecule has 17 heavy (non-hydrogen) atoms. The number of methoxy groups -OCH3 is 1. The SMILES string of the molecule is COc1cc(O)c2c(=O)n(C)c(CO)cc2c1. The molecular weight excluding hydrogens is 222 g/mol. The van der Waals surface area contributed by atoms with Crippen molar-refractivity contribution in [1.29, 1.82) is 0 Å². The Balaban J connectivity index is 2.91. The van der Waals surface area contributed by atoms with E-state index in [9.17, 15) is 9.90 Å². The Hall–Kier alpha value is -2.01. The number of aliphatic hydroxyl groups excluding tert-OH is 1. The molecule has 2 rings (SSSR count). The molecule has 2 aromatic rings. The molecule has 5 heteroatoms. The lowest BCUT2D eigenvalue weighted by Crippen LogP contribution is -2.20. The molecule has 0 saturated carbocycles. The minimum absolute atomic E-state index is 0.121. The second kappa shape index (κ2) is 4.10. The maximum atomic E-state index is 12.0. The summed E-state index contributed by atoms with van der Waals surface area (Å²) < 4.78 is 6.33. The second-order valence-electron chi connectivity index (χ2n) is 3.77. The first-order chi connectivity index (χ1) is 8.08. The summed E-state index contributed by atoms with van der Waals surface area (Å²) in [5, 5.41) is 19.7. The van der Waals surface area contributed by atoms with E-state index in [2.05, 4.69) is 0 Å². The van der Waals surface area contributed by atoms with Gasteiger partial charge in [-0.05, 0) is 17.5 Å². The first-order valence-corrected chi connectivity index (χ1v) is 5.09. The Morgan fingerprint density at radius 2 is 2.06 bits per heavy atom. The molecule has 0 fully saturated rings. The molecule has 5 nitrogen and oxygen atoms in total. The quantitative estimate of drug-likeness (QED) is 0.805. The summed E-state index contributed by atoms with van der Waals surface area (Å²) in [7, 11) is 3.03. The number of ether oxygens (including phenoxy) is 1. The van der Waals surface area contributed by atoms with Crippen molar-refractivity contribution in [1.82, 2.24) is 4.57 Å². The Morgan fingerprint density at radius 3 is 2.65 bits per heavy atom. The fourth-order valence-electron chi connectivity index (χ4n) is 1.81. The van der Waals surface area contributed by atoms with Gasteiger partial charge in [0.25, 0.3) is 5.56 Å². The molecule has 90 valence electrons. The fraction of sp³-hybridized carbons (Fsp3) is 0.250. The van der Waals surface area contributed by atoms with Gasteiger partial charge in [0, 0.05) is 18.8 Å². The van der Waals surface area contributed by atoms with Gasteiger partial charge in [-0.2, -0.15) is 0 Å². The van der Waals surface area contributed by atoms with Crippen LogP contribution in [0.4, 0.5) is 0 Å². The molecule has 2 N–H and O–H groups in total. The van der Waals surface area contributed by atoms with Crippen molar-refractivity contribution in [3.05, 3.63) is 34.2 Å². The minimum Gasteiger partial charge on any atom is -0.507 e. The Morgan fingerprint density at radius 1 is 1.35 bits per heavy atom. The van der Waals surface area contributed by atoms with Gasteiger partial charge in [-0.15, -0.1) is 0 Å². The number of pyridine rings is 1. The van der Waals surface area contributed by atoms with E-state index in [4.69, 9.17) is 9.84 Å². The molecule has 0 amide bonds. The molecule has 0 bridgehead atoms. The number of nitrogens with zero attached hydrogens (tertiary/aromatic N) is 1. The van der Waals surface area contributed by atoms with E-state index in [1.54, 1.807) is 19.2 Å². The third-order valence-corrected chi connectivity index (χ3v) is 2.79. The van der Waals surface area contributed by atoms with Crippen molar-refractivity contribution in [3.63, 3.8) is 0 Å². The lowest BCUT2D eigenvalue weighted by molar-refractivity contribution is 0.271. The zero-order valence-corrected chi connectivity index (χ0v) is 9.60. The van der Waals surface area contributed by atoms with Gasteiger partial charge < -0.3 is 19.5 Å². The molecular formula is C12H13NO4. The van der Waals surface area contributed by atoms with Crippen molar-refractivity contribution in [2.24, 2.45) is 7.05 Å². The molecule has 0 aliphatic rings. The third kappa shape index (κ3) is 1.74. The number of hydrogen-bond acceptors (Lipinski definition) is 4. The Bertz CT molecular complexity index is 630. The van der Waals surface area contributed by atoms with Crippen LogP contribution in [0, 0.1) is 0 Å². The largest absolute Gasteiger partial charge is 0.507 e. The van der Waals surface area contributed by atoms with Gasteiger partial charge in [-0.1, -0.05) is 0 Å². The predicted molar refractivity (Wildman–Crippen MR) is 63.3 cm³/mol. The highest BCUT2D eigenvalue weighted by Gasteiger charge is 2.11. The Labute approximate surface area is 97.5 Å². The maximum absolute atomic E-state index is 12.0. The summed E-state index contributed by atoms with van der Waals surface area (Å²) in [5.74, 6) is 0.344. The first kappa shape index (κ1) is 11.5. The van der Waals surface area contributed by atoms with E-state index in [1.807, 2.05) is 0 Å². The van der Waals surface area contributed by atoms with E-state index in [-0.39, 0.29) is 23.3 Å². The number of aliphatic hydroxyl groups is 1. The average Bonchev–Trinajstić information content (AvgIpc) is 2.32. The van der Waals surface area contributed by atoms with Crippen molar-refractivity contribution in [2.45, 2.75) is 6.61 Å². The van der Waals surface area contributed by atoms with Crippen LogP contribution in [0.15, 0.2) is 23.0 Å². The van der Waals surface area contributed by atoms with Gasteiger partial charge in [-0.3, -0.25) is 4.79 Å². The van der Waals surface area contributed by atoms with Gasteiger partial charge in [0.1, 0.15) is 11.5 Å². The normalized spacial score (nSPS) is 10.8. The van der Waals surface area contributed by atoms with Gasteiger partial charge >= 0.3 is 0 Å². The number of rotatable bonds is 2. The van der Waals surface area contributed by atoms with E-state index >= 15 is 0 Å². The highest BCUT2D eigenvalue weighted by Crippen LogP contribution is 2.28. The molecule has 1 aromatic heterocycles. The molecule has 0 spiro atoms. The Kier molecular flexibility index (Phi) is 2.77. The lowest BCUT2D eigenvalue weighted by atomic mass is 10.1. The zero-order valence-electron chi connectivity index (χ0n) is 9.60. The number of phenols is 1. The third-order valence-electron chi connectivity index (χ3n) is 2.79. The van der Waals surface area contributed by atoms with E-state index in [0.29, 0.717) is 16.8 Å². The number of hydrogen-bond donors (Lipinski definition) is 2. The van der Waals surface area contributed by atoms with E-state index in [0.717, 1.165) is 0 Å². The van der Waals surface area contributed by atoms with Crippen molar-refractivity contribution >= 4 is 10.8 Å². The average molecular weight is 235 g/mol. The smallest absolute Gasteiger partial charge is 0.262 e. The van der Waals surface area contributed by atoms with Crippen LogP contribution in [0.2, 0.25) is 0 Å². The van der Waals surface area contributed by atoms with Crippen LogP contribution >= 0.6 is 0 Å². The molecule has 0 unspecified atom stereocenters. The molecule has 0 atom stereocenters. The van der Waals surface area contributed by atoms with Crippen LogP contribution < -0.4 is 10.3 Å². The zero-order chi connectivity index (χ0) is 12.6. The highest BCUT2D eigenvalue weighted by atomic mass is 16.5. The maximum Gasteiger partial charge on any atom is 0.262 e. The minimum atomic E-state index is -0.341. The van der Waals surface area contributed by atoms with Crippen LogP contribution in [0.25, 0.3) is 10.8 Å². The van der Waals surface area contributed by atoms with Crippen LogP contribution in [-0.2, 0) is 13.7 Å². The van der Waals surface area contributed by atoms with Crippen LogP contribution in [0.3, 0.4) is 0 Å². The number of fused-ring (bicyclic) bond motifs is 1. The van der Waals surface area contributed by atoms with Gasteiger partial charge in [0.15, 0.2) is 0 Å². The van der Waals surface area contributed by atoms with Gasteiger partial charge in [0.2, 0.25) is 0 Å². The van der Waals surface area contributed by atoms with Crippen LogP contribution in [0.1, 0.15) is 5.69 Å². The summed E-state index contributed by atoms with van der Waals surface area (Å²) in [4.78, 5) is 12.0. The molecule has 0 radical (unpaired) electrons. The molecule has 0 saturated heterocycles. The monoisotopic (exact) mass is 235 g/mol. The topological polar surface area (TPSA) is 71.7 Å². The summed E-state index contributed by atoms with van der Waals surface area (Å²) in [6.45, 7) is -0.236. The van der Waals surface area contributed by atoms with Crippen molar-refractivity contribution in [3.8, 4) is 11.5 Å². The van der Waals surface area contributed by atoms with Crippen LogP contribution in [0.5, 0.6) is 11.5 Å². The number of benzene rings is 1. The summed E-state index contributed by atoms with van der Waals surface area (Å²) in [5.41, 5.74) is 0.141. The standard InChI is InChI=1S/C12H13NO4/c1-13-8(6-14)3-7-4-9(17-2)5-10(15)11(7)12(13)16/h3-5,14-15H,6H2,1-2H3. The number of aromatic nitrogens is 1. The number of aromatic hydroxyl groups is 1. The van der Waals surface area contributed by atoms with E-state index < -0.39 is 0 Å². The van der Waals surface area contributed by atoms with Gasteiger partial charge in [-0.25, -0.2) is 0 Å². The van der Waals surface area contributed by atoms with E-state index in [1.165, 1.54) is 17.7 Å². The fourth-order valence-corrected chi connectivity index (χ4v) is 1.81. The predicted octanol–water partition coefficient (Wildman–Crippen LogP) is 0.745. The van der Waals surface area contributed by atoms with Crippen LogP contribution in [-0.4, -0.2) is 21.9 Å². The summed E-state index contributed by atoms with van der Waals surface area (Å²) >= 11 is 0. The highest BCUT2D eigenvalue weighted by molar-refractivity contribution is 5.89. The molecule has 0 aliphatic heterocycles. The molecule has 1 aromatic carbocycles. The second-order valence-corrected chi connectivity index (χ2v) is 3.77. The molecule has 0 aliphatic carbocycles. The lowest BCUT2D eigenvalue weighted by Gasteiger charge is -2.10. The van der Waals surface area contributed by atoms with Gasteiger partial charge in [0.05, 0.1) is 19.1 Å². The van der Waals surface area contributed by atoms with Crippen molar-refractivity contribution in [2.75, 3.05) is 7.11 Å². The first-order valence-electron chi connectivity index (χ1n) is 5.09. The summed E-state index contributed by atoms with van der Waals surface area (Å²) in [6.07, 6.45) is 0. The number of phenolic OH excluding ortho intramolecular Hbond substituents is 1. The summed E-state index contributed by atoms with van der Waals surface area (Å²) in [6, 6.07) is 4.69.